The molecule has 0 spiro atoms. The Morgan fingerprint density at radius 2 is 1.48 bits per heavy atom. The van der Waals surface area contributed by atoms with Gasteiger partial charge in [0.1, 0.15) is 40.7 Å². The van der Waals surface area contributed by atoms with Crippen LogP contribution in [0.15, 0.2) is 65.4 Å². The highest BCUT2D eigenvalue weighted by atomic mass is 79.9. The summed E-state index contributed by atoms with van der Waals surface area (Å²) in [5.41, 5.74) is -2.06. The van der Waals surface area contributed by atoms with Crippen LogP contribution in [0.3, 0.4) is 0 Å². The van der Waals surface area contributed by atoms with E-state index in [0.29, 0.717) is 10.0 Å². The molecule has 3 aromatic carbocycles. The first-order valence-corrected chi connectivity index (χ1v) is 12.2. The summed E-state index contributed by atoms with van der Waals surface area (Å²) in [7, 11) is 0. The van der Waals surface area contributed by atoms with Crippen molar-refractivity contribution in [3.63, 3.8) is 0 Å². The molecule has 0 saturated heterocycles. The molecule has 5 aromatic rings. The van der Waals surface area contributed by atoms with Crippen LogP contribution in [-0.2, 0) is 5.67 Å². The molecule has 6 nitrogen and oxygen atoms in total. The van der Waals surface area contributed by atoms with Crippen molar-refractivity contribution in [2.24, 2.45) is 0 Å². The van der Waals surface area contributed by atoms with Crippen molar-refractivity contribution in [1.82, 2.24) is 19.6 Å². The molecule has 0 aliphatic carbocycles. The van der Waals surface area contributed by atoms with Gasteiger partial charge in [0.2, 0.25) is 0 Å². The van der Waals surface area contributed by atoms with Crippen LogP contribution in [-0.4, -0.2) is 19.6 Å². The number of alkyl halides is 1. The fourth-order valence-corrected chi connectivity index (χ4v) is 3.99. The summed E-state index contributed by atoms with van der Waals surface area (Å²) >= 11 is 3.10. The molecule has 0 saturated carbocycles. The summed E-state index contributed by atoms with van der Waals surface area (Å²) in [5, 5.41) is 21.7. The molecule has 0 amide bonds. The molecule has 0 unspecified atom stereocenters. The summed E-state index contributed by atoms with van der Waals surface area (Å²) < 4.78 is 71.7. The van der Waals surface area contributed by atoms with Crippen molar-refractivity contribution in [3.8, 4) is 34.5 Å². The number of rotatable bonds is 3. The molecule has 40 heavy (non-hydrogen) atoms. The lowest BCUT2D eigenvalue weighted by molar-refractivity contribution is 0.213. The van der Waals surface area contributed by atoms with E-state index in [-0.39, 0.29) is 39.7 Å². The largest absolute Gasteiger partial charge is 0.251 e. The first-order valence-electron chi connectivity index (χ1n) is 11.4. The van der Waals surface area contributed by atoms with E-state index in [1.165, 1.54) is 55.0 Å². The van der Waals surface area contributed by atoms with Gasteiger partial charge in [0.25, 0.3) is 5.78 Å². The van der Waals surface area contributed by atoms with Crippen LogP contribution >= 0.6 is 15.9 Å². The van der Waals surface area contributed by atoms with Crippen LogP contribution in [0.1, 0.15) is 30.7 Å². The average molecular weight is 611 g/mol. The second-order valence-corrected chi connectivity index (χ2v) is 9.65. The molecule has 0 radical (unpaired) electrons. The van der Waals surface area contributed by atoms with Gasteiger partial charge in [0.05, 0.1) is 40.8 Å². The summed E-state index contributed by atoms with van der Waals surface area (Å²) in [5.74, 6) is -2.94. The van der Waals surface area contributed by atoms with Gasteiger partial charge in [-0.25, -0.2) is 31.9 Å². The van der Waals surface area contributed by atoms with Gasteiger partial charge in [-0.05, 0) is 78.3 Å². The van der Waals surface area contributed by atoms with Crippen molar-refractivity contribution >= 4 is 21.7 Å². The van der Waals surface area contributed by atoms with E-state index in [4.69, 9.17) is 5.26 Å². The van der Waals surface area contributed by atoms with E-state index < -0.39 is 28.7 Å². The van der Waals surface area contributed by atoms with Gasteiger partial charge < -0.3 is 0 Å². The lowest BCUT2D eigenvalue weighted by Gasteiger charge is -2.13. The maximum atomic E-state index is 15.4. The molecule has 12 heteroatoms. The number of aromatic nitrogens is 4. The number of hydrogen-bond donors (Lipinski definition) is 0. The van der Waals surface area contributed by atoms with Gasteiger partial charge in [-0.15, -0.1) is 0 Å². The average Bonchev–Trinajstić information content (AvgIpc) is 3.34. The van der Waals surface area contributed by atoms with Crippen molar-refractivity contribution < 1.29 is 22.0 Å². The van der Waals surface area contributed by atoms with Gasteiger partial charge in [0, 0.05) is 15.6 Å². The first-order chi connectivity index (χ1) is 18.9. The topological polar surface area (TPSA) is 90.7 Å². The fourth-order valence-electron chi connectivity index (χ4n) is 3.65. The molecule has 0 bridgehead atoms. The zero-order chi connectivity index (χ0) is 29.2. The molecule has 0 atom stereocenters. The molecule has 0 fully saturated rings. The van der Waals surface area contributed by atoms with Crippen LogP contribution in [0.5, 0.6) is 0 Å². The van der Waals surface area contributed by atoms with Crippen molar-refractivity contribution in [2.75, 3.05) is 0 Å². The lowest BCUT2D eigenvalue weighted by atomic mass is 9.96. The maximum absolute atomic E-state index is 15.4. The second-order valence-electron chi connectivity index (χ2n) is 8.79. The minimum absolute atomic E-state index is 0.0398. The standard InChI is InChI=1S/C21H13F4N5.C7H3BrFN/c1-21(2,25)17-10-28-30-16(9-27-20(30)29-17)14-5-6-15(23)18(19(14)24)13-4-3-12(22)7-11(13)8-26;8-7-2-1-6(9)3-5(7)4-10/h3-7,9-10H,1-2H3;1-3H. The number of halogens is 6. The quantitative estimate of drug-likeness (QED) is 0.198. The molecule has 2 aromatic heterocycles. The Morgan fingerprint density at radius 1 is 0.850 bits per heavy atom. The number of hydrogen-bond acceptors (Lipinski definition) is 5. The highest BCUT2D eigenvalue weighted by Crippen LogP contribution is 2.35. The molecule has 0 aliphatic heterocycles. The van der Waals surface area contributed by atoms with E-state index in [1.807, 2.05) is 6.07 Å². The third-order valence-electron chi connectivity index (χ3n) is 5.63. The van der Waals surface area contributed by atoms with E-state index in [9.17, 15) is 22.8 Å². The Balaban J connectivity index is 0.000000312. The number of imidazole rings is 1. The Kier molecular flexibility index (Phi) is 7.93. The molecular weight excluding hydrogens is 595 g/mol. The zero-order valence-corrected chi connectivity index (χ0v) is 22.3. The van der Waals surface area contributed by atoms with Crippen molar-refractivity contribution in [1.29, 1.82) is 10.5 Å². The highest BCUT2D eigenvalue weighted by Gasteiger charge is 2.25. The summed E-state index contributed by atoms with van der Waals surface area (Å²) in [6, 6.07) is 12.9. The minimum atomic E-state index is -1.74. The van der Waals surface area contributed by atoms with Crippen LogP contribution in [0.25, 0.3) is 28.2 Å². The summed E-state index contributed by atoms with van der Waals surface area (Å²) in [6.07, 6.45) is 2.48. The van der Waals surface area contributed by atoms with Crippen LogP contribution in [0, 0.1) is 45.9 Å². The van der Waals surface area contributed by atoms with Gasteiger partial charge in [-0.3, -0.25) is 0 Å². The Morgan fingerprint density at radius 3 is 2.10 bits per heavy atom. The van der Waals surface area contributed by atoms with E-state index >= 15 is 4.39 Å². The van der Waals surface area contributed by atoms with Gasteiger partial charge in [-0.2, -0.15) is 20.1 Å². The van der Waals surface area contributed by atoms with Crippen LogP contribution in [0.4, 0.5) is 22.0 Å². The van der Waals surface area contributed by atoms with E-state index in [1.54, 1.807) is 6.07 Å². The maximum Gasteiger partial charge on any atom is 0.251 e. The van der Waals surface area contributed by atoms with Gasteiger partial charge >= 0.3 is 0 Å². The predicted molar refractivity (Wildman–Crippen MR) is 139 cm³/mol. The monoisotopic (exact) mass is 610 g/mol. The van der Waals surface area contributed by atoms with Gasteiger partial charge in [-0.1, -0.05) is 0 Å². The van der Waals surface area contributed by atoms with E-state index in [2.05, 4.69) is 31.0 Å². The summed E-state index contributed by atoms with van der Waals surface area (Å²) in [4.78, 5) is 8.13. The molecular formula is C28H16BrF5N6. The number of benzene rings is 3. The normalized spacial score (nSPS) is 10.9. The SMILES string of the molecule is CC(C)(F)c1cnn2c(-c3ccc(F)c(-c4ccc(F)cc4C#N)c3F)cnc2n1.N#Cc1cc(F)ccc1Br. The number of nitrogens with zero attached hydrogens (tertiary/aromatic N) is 6. The lowest BCUT2D eigenvalue weighted by Crippen LogP contribution is -2.14. The predicted octanol–water partition coefficient (Wildman–Crippen LogP) is 7.41. The van der Waals surface area contributed by atoms with E-state index in [0.717, 1.165) is 24.3 Å². The molecule has 0 aliphatic rings. The molecule has 5 rings (SSSR count). The third-order valence-corrected chi connectivity index (χ3v) is 6.32. The molecule has 2 heterocycles. The summed E-state index contributed by atoms with van der Waals surface area (Å²) in [6.45, 7) is 2.64. The number of nitriles is 2. The Bertz CT molecular complexity index is 1830. The third kappa shape index (κ3) is 5.67. The fraction of sp³-hybridized carbons (Fsp3) is 0.107. The highest BCUT2D eigenvalue weighted by molar-refractivity contribution is 9.10. The Hall–Kier alpha value is -4.68. The second kappa shape index (κ2) is 11.2. The smallest absolute Gasteiger partial charge is 0.238 e. The zero-order valence-electron chi connectivity index (χ0n) is 20.7. The minimum Gasteiger partial charge on any atom is -0.238 e. The van der Waals surface area contributed by atoms with Crippen molar-refractivity contribution in [2.45, 2.75) is 19.5 Å². The van der Waals surface area contributed by atoms with Gasteiger partial charge in [0.15, 0.2) is 0 Å². The van der Waals surface area contributed by atoms with Crippen LogP contribution in [0.2, 0.25) is 0 Å². The van der Waals surface area contributed by atoms with Crippen molar-refractivity contribution in [3.05, 3.63) is 105 Å². The number of fused-ring (bicyclic) bond motifs is 1. The van der Waals surface area contributed by atoms with Crippen LogP contribution < -0.4 is 0 Å². The Labute approximate surface area is 233 Å². The molecule has 200 valence electrons. The molecule has 0 N–H and O–H groups in total. The first kappa shape index (κ1) is 28.3.